The van der Waals surface area contributed by atoms with Crippen molar-refractivity contribution in [3.05, 3.63) is 54.4 Å². The van der Waals surface area contributed by atoms with Gasteiger partial charge in [-0.15, -0.1) is 0 Å². The van der Waals surface area contributed by atoms with E-state index in [1.165, 1.54) is 17.7 Å². The number of rotatable bonds is 5. The fourth-order valence-electron chi connectivity index (χ4n) is 3.04. The number of nitrogens with one attached hydrogen (secondary N) is 1. The second-order valence-electron chi connectivity index (χ2n) is 6.53. The fraction of sp³-hybridized carbons (Fsp3) is 0.350. The Balaban J connectivity index is 1.50. The van der Waals surface area contributed by atoms with Crippen molar-refractivity contribution in [2.45, 2.75) is 19.3 Å². The van der Waals surface area contributed by atoms with Crippen molar-refractivity contribution in [3.8, 4) is 0 Å². The molecule has 0 spiro atoms. The standard InChI is InChI=1S/C20H24N4O2/c1-23(15-10-16-8-11-21-12-9-16)20(26)19(25)22-17-4-6-18(7-5-17)24-13-2-3-14-24/h4-9,11-12H,2-3,10,13-15H2,1H3,(H,22,25). The minimum Gasteiger partial charge on any atom is -0.372 e. The summed E-state index contributed by atoms with van der Waals surface area (Å²) < 4.78 is 0. The molecule has 1 aromatic carbocycles. The van der Waals surface area contributed by atoms with Crippen LogP contribution in [0.5, 0.6) is 0 Å². The van der Waals surface area contributed by atoms with Crippen LogP contribution in [0.2, 0.25) is 0 Å². The lowest BCUT2D eigenvalue weighted by Crippen LogP contribution is -2.38. The van der Waals surface area contributed by atoms with Crippen molar-refractivity contribution in [1.29, 1.82) is 0 Å². The van der Waals surface area contributed by atoms with E-state index in [9.17, 15) is 9.59 Å². The molecule has 1 aliphatic heterocycles. The predicted octanol–water partition coefficient (Wildman–Crippen LogP) is 2.32. The van der Waals surface area contributed by atoms with Crippen molar-refractivity contribution < 1.29 is 9.59 Å². The molecule has 2 heterocycles. The molecule has 0 saturated carbocycles. The second-order valence-corrected chi connectivity index (χ2v) is 6.53. The lowest BCUT2D eigenvalue weighted by Gasteiger charge is -2.18. The Morgan fingerprint density at radius 1 is 1.08 bits per heavy atom. The normalized spacial score (nSPS) is 13.5. The third-order valence-electron chi connectivity index (χ3n) is 4.62. The first-order chi connectivity index (χ1) is 12.6. The summed E-state index contributed by atoms with van der Waals surface area (Å²) in [5, 5.41) is 2.68. The lowest BCUT2D eigenvalue weighted by atomic mass is 10.2. The molecule has 2 aromatic rings. The average molecular weight is 352 g/mol. The van der Waals surface area contributed by atoms with Gasteiger partial charge < -0.3 is 15.1 Å². The third-order valence-corrected chi connectivity index (χ3v) is 4.62. The molecular formula is C20H24N4O2. The number of pyridine rings is 1. The van der Waals surface area contributed by atoms with Gasteiger partial charge >= 0.3 is 11.8 Å². The number of carbonyl (C=O) groups excluding carboxylic acids is 2. The molecule has 136 valence electrons. The lowest BCUT2D eigenvalue weighted by molar-refractivity contribution is -0.142. The number of carbonyl (C=O) groups is 2. The van der Waals surface area contributed by atoms with E-state index >= 15 is 0 Å². The van der Waals surface area contributed by atoms with Gasteiger partial charge in [0.1, 0.15) is 0 Å². The summed E-state index contributed by atoms with van der Waals surface area (Å²) in [6.07, 6.45) is 6.56. The van der Waals surface area contributed by atoms with Crippen LogP contribution in [0.25, 0.3) is 0 Å². The van der Waals surface area contributed by atoms with Gasteiger partial charge in [-0.25, -0.2) is 0 Å². The maximum Gasteiger partial charge on any atom is 0.313 e. The van der Waals surface area contributed by atoms with E-state index in [2.05, 4.69) is 15.2 Å². The predicted molar refractivity (Wildman–Crippen MR) is 102 cm³/mol. The molecule has 0 atom stereocenters. The monoisotopic (exact) mass is 352 g/mol. The summed E-state index contributed by atoms with van der Waals surface area (Å²) in [4.78, 5) is 32.1. The zero-order valence-corrected chi connectivity index (χ0v) is 15.0. The maximum atomic E-state index is 12.2. The highest BCUT2D eigenvalue weighted by Crippen LogP contribution is 2.22. The summed E-state index contributed by atoms with van der Waals surface area (Å²) >= 11 is 0. The highest BCUT2D eigenvalue weighted by molar-refractivity contribution is 6.39. The van der Waals surface area contributed by atoms with Crippen LogP contribution in [0.15, 0.2) is 48.8 Å². The van der Waals surface area contributed by atoms with Crippen LogP contribution in [-0.2, 0) is 16.0 Å². The first kappa shape index (κ1) is 17.9. The number of aromatic nitrogens is 1. The van der Waals surface area contributed by atoms with E-state index in [1.807, 2.05) is 36.4 Å². The van der Waals surface area contributed by atoms with E-state index < -0.39 is 11.8 Å². The zero-order chi connectivity index (χ0) is 18.4. The van der Waals surface area contributed by atoms with Crippen LogP contribution in [0.3, 0.4) is 0 Å². The number of nitrogens with zero attached hydrogens (tertiary/aromatic N) is 3. The largest absolute Gasteiger partial charge is 0.372 e. The van der Waals surface area contributed by atoms with Gasteiger partial charge in [0.05, 0.1) is 0 Å². The van der Waals surface area contributed by atoms with Gasteiger partial charge in [0.25, 0.3) is 0 Å². The average Bonchev–Trinajstić information content (AvgIpc) is 3.21. The number of hydrogen-bond donors (Lipinski definition) is 1. The highest BCUT2D eigenvalue weighted by atomic mass is 16.2. The van der Waals surface area contributed by atoms with Crippen molar-refractivity contribution >= 4 is 23.2 Å². The van der Waals surface area contributed by atoms with E-state index in [4.69, 9.17) is 0 Å². The highest BCUT2D eigenvalue weighted by Gasteiger charge is 2.19. The Labute approximate surface area is 153 Å². The minimum absolute atomic E-state index is 0.476. The molecule has 6 heteroatoms. The van der Waals surface area contributed by atoms with Gasteiger partial charge in [-0.3, -0.25) is 14.6 Å². The molecule has 1 aromatic heterocycles. The van der Waals surface area contributed by atoms with E-state index in [0.717, 1.165) is 24.3 Å². The van der Waals surface area contributed by atoms with E-state index in [1.54, 1.807) is 19.4 Å². The molecule has 2 amide bonds. The molecule has 1 saturated heterocycles. The molecular weight excluding hydrogens is 328 g/mol. The second kappa shape index (κ2) is 8.47. The Morgan fingerprint density at radius 3 is 2.38 bits per heavy atom. The molecule has 0 bridgehead atoms. The van der Waals surface area contributed by atoms with Crippen LogP contribution in [0.1, 0.15) is 18.4 Å². The maximum absolute atomic E-state index is 12.2. The van der Waals surface area contributed by atoms with Crippen LogP contribution in [0, 0.1) is 0 Å². The van der Waals surface area contributed by atoms with Crippen LogP contribution < -0.4 is 10.2 Å². The Bertz CT molecular complexity index is 740. The van der Waals surface area contributed by atoms with E-state index in [-0.39, 0.29) is 0 Å². The molecule has 26 heavy (non-hydrogen) atoms. The van der Waals surface area contributed by atoms with Crippen molar-refractivity contribution in [1.82, 2.24) is 9.88 Å². The number of likely N-dealkylation sites (N-methyl/N-ethyl adjacent to an activating group) is 1. The first-order valence-electron chi connectivity index (χ1n) is 8.94. The van der Waals surface area contributed by atoms with Gasteiger partial charge in [-0.2, -0.15) is 0 Å². The summed E-state index contributed by atoms with van der Waals surface area (Å²) in [7, 11) is 1.64. The first-order valence-corrected chi connectivity index (χ1v) is 8.94. The van der Waals surface area contributed by atoms with Gasteiger partial charge in [-0.1, -0.05) is 0 Å². The number of anilines is 2. The number of benzene rings is 1. The van der Waals surface area contributed by atoms with Gasteiger partial charge in [0.15, 0.2) is 0 Å². The molecule has 0 unspecified atom stereocenters. The molecule has 1 aliphatic rings. The van der Waals surface area contributed by atoms with Gasteiger partial charge in [0, 0.05) is 50.5 Å². The van der Waals surface area contributed by atoms with Crippen LogP contribution >= 0.6 is 0 Å². The Kier molecular flexibility index (Phi) is 5.84. The minimum atomic E-state index is -0.615. The summed E-state index contributed by atoms with van der Waals surface area (Å²) in [5.41, 5.74) is 2.87. The Hall–Kier alpha value is -2.89. The zero-order valence-electron chi connectivity index (χ0n) is 15.0. The summed E-state index contributed by atoms with van der Waals surface area (Å²) in [6, 6.07) is 11.5. The molecule has 1 N–H and O–H groups in total. The molecule has 0 radical (unpaired) electrons. The SMILES string of the molecule is CN(CCc1ccncc1)C(=O)C(=O)Nc1ccc(N2CCCC2)cc1. The van der Waals surface area contributed by atoms with Crippen molar-refractivity contribution in [2.24, 2.45) is 0 Å². The molecule has 0 aliphatic carbocycles. The van der Waals surface area contributed by atoms with Gasteiger partial charge in [0.2, 0.25) is 0 Å². The van der Waals surface area contributed by atoms with Crippen LogP contribution in [0.4, 0.5) is 11.4 Å². The molecule has 1 fully saturated rings. The Morgan fingerprint density at radius 2 is 1.73 bits per heavy atom. The van der Waals surface area contributed by atoms with Crippen molar-refractivity contribution in [3.63, 3.8) is 0 Å². The van der Waals surface area contributed by atoms with Gasteiger partial charge in [-0.05, 0) is 61.2 Å². The third kappa shape index (κ3) is 4.59. The summed E-state index contributed by atoms with van der Waals surface area (Å²) in [6.45, 7) is 2.63. The number of hydrogen-bond acceptors (Lipinski definition) is 4. The quantitative estimate of drug-likeness (QED) is 0.839. The topological polar surface area (TPSA) is 65.5 Å². The molecule has 6 nitrogen and oxygen atoms in total. The van der Waals surface area contributed by atoms with Crippen LogP contribution in [-0.4, -0.2) is 48.4 Å². The molecule has 3 rings (SSSR count). The summed E-state index contributed by atoms with van der Waals surface area (Å²) in [5.74, 6) is -1.15. The van der Waals surface area contributed by atoms with Crippen molar-refractivity contribution in [2.75, 3.05) is 36.9 Å². The fourth-order valence-corrected chi connectivity index (χ4v) is 3.04. The van der Waals surface area contributed by atoms with E-state index in [0.29, 0.717) is 18.7 Å². The number of amides is 2. The smallest absolute Gasteiger partial charge is 0.313 e.